The maximum absolute atomic E-state index is 10.9. The molecule has 0 fully saturated rings. The van der Waals surface area contributed by atoms with Crippen LogP contribution >= 0.6 is 0 Å². The molecule has 4 nitrogen and oxygen atoms in total. The number of aliphatic hydroxyl groups excluding tert-OH is 1. The Morgan fingerprint density at radius 1 is 1.35 bits per heavy atom. The van der Waals surface area contributed by atoms with Crippen LogP contribution in [-0.4, -0.2) is 31.4 Å². The first-order valence-corrected chi connectivity index (χ1v) is 5.33. The number of hydrogen-bond acceptors (Lipinski definition) is 4. The van der Waals surface area contributed by atoms with Gasteiger partial charge in [-0.2, -0.15) is 0 Å². The molecule has 0 spiro atoms. The van der Waals surface area contributed by atoms with Gasteiger partial charge in [-0.1, -0.05) is 24.3 Å². The SMILES string of the molecule is COC(=O)CC=Cc1ccc(OCCO)cc1. The minimum Gasteiger partial charge on any atom is -0.491 e. The summed E-state index contributed by atoms with van der Waals surface area (Å²) in [6.07, 6.45) is 3.85. The molecule has 4 heteroatoms. The lowest BCUT2D eigenvalue weighted by Crippen LogP contribution is -2.01. The van der Waals surface area contributed by atoms with Gasteiger partial charge in [0, 0.05) is 0 Å². The number of hydrogen-bond donors (Lipinski definition) is 1. The number of rotatable bonds is 6. The van der Waals surface area contributed by atoms with Crippen molar-refractivity contribution >= 4 is 12.0 Å². The van der Waals surface area contributed by atoms with E-state index in [1.54, 1.807) is 6.08 Å². The lowest BCUT2D eigenvalue weighted by molar-refractivity contribution is -0.139. The summed E-state index contributed by atoms with van der Waals surface area (Å²) in [5.41, 5.74) is 0.977. The van der Waals surface area contributed by atoms with Gasteiger partial charge in [0.1, 0.15) is 12.4 Å². The van der Waals surface area contributed by atoms with Gasteiger partial charge in [-0.15, -0.1) is 0 Å². The molecule has 1 N–H and O–H groups in total. The van der Waals surface area contributed by atoms with Crippen molar-refractivity contribution < 1.29 is 19.4 Å². The Labute approximate surface area is 100 Å². The zero-order valence-corrected chi connectivity index (χ0v) is 9.76. The van der Waals surface area contributed by atoms with Crippen LogP contribution in [0.4, 0.5) is 0 Å². The number of ether oxygens (including phenoxy) is 2. The molecular weight excluding hydrogens is 220 g/mol. The molecule has 0 unspecified atom stereocenters. The summed E-state index contributed by atoms with van der Waals surface area (Å²) in [4.78, 5) is 10.9. The molecule has 0 radical (unpaired) electrons. The molecule has 0 heterocycles. The number of carbonyl (C=O) groups is 1. The molecule has 92 valence electrons. The van der Waals surface area contributed by atoms with Crippen LogP contribution in [0.3, 0.4) is 0 Å². The van der Waals surface area contributed by atoms with Crippen LogP contribution in [0.25, 0.3) is 6.08 Å². The summed E-state index contributed by atoms with van der Waals surface area (Å²) in [7, 11) is 1.36. The average molecular weight is 236 g/mol. The fraction of sp³-hybridized carbons (Fsp3) is 0.308. The van der Waals surface area contributed by atoms with Gasteiger partial charge in [0.15, 0.2) is 0 Å². The standard InChI is InChI=1S/C13H16O4/c1-16-13(15)4-2-3-11-5-7-12(8-6-11)17-10-9-14/h2-3,5-8,14H,4,9-10H2,1H3. The third-order valence-electron chi connectivity index (χ3n) is 2.06. The molecule has 1 rings (SSSR count). The van der Waals surface area contributed by atoms with E-state index in [4.69, 9.17) is 9.84 Å². The van der Waals surface area contributed by atoms with Crippen LogP contribution in [0.2, 0.25) is 0 Å². The average Bonchev–Trinajstić information content (AvgIpc) is 2.37. The van der Waals surface area contributed by atoms with Crippen LogP contribution in [0.15, 0.2) is 30.3 Å². The first-order valence-electron chi connectivity index (χ1n) is 5.33. The summed E-state index contributed by atoms with van der Waals surface area (Å²) >= 11 is 0. The molecule has 0 aliphatic carbocycles. The highest BCUT2D eigenvalue weighted by Crippen LogP contribution is 2.13. The number of esters is 1. The molecule has 0 aromatic heterocycles. The predicted octanol–water partition coefficient (Wildman–Crippen LogP) is 1.63. The molecule has 0 aliphatic rings. The van der Waals surface area contributed by atoms with Crippen molar-refractivity contribution in [2.75, 3.05) is 20.3 Å². The van der Waals surface area contributed by atoms with E-state index >= 15 is 0 Å². The fourth-order valence-electron chi connectivity index (χ4n) is 1.21. The molecule has 1 aromatic carbocycles. The number of benzene rings is 1. The fourth-order valence-corrected chi connectivity index (χ4v) is 1.21. The van der Waals surface area contributed by atoms with Crippen LogP contribution < -0.4 is 4.74 Å². The third kappa shape index (κ3) is 5.17. The van der Waals surface area contributed by atoms with Gasteiger partial charge in [0.05, 0.1) is 20.1 Å². The van der Waals surface area contributed by atoms with E-state index < -0.39 is 0 Å². The predicted molar refractivity (Wildman–Crippen MR) is 64.7 cm³/mol. The molecule has 0 amide bonds. The van der Waals surface area contributed by atoms with Crippen LogP contribution in [0, 0.1) is 0 Å². The van der Waals surface area contributed by atoms with Crippen LogP contribution in [-0.2, 0) is 9.53 Å². The molecule has 0 aliphatic heterocycles. The first-order chi connectivity index (χ1) is 8.26. The molecular formula is C13H16O4. The quantitative estimate of drug-likeness (QED) is 0.763. The van der Waals surface area contributed by atoms with Crippen molar-refractivity contribution in [1.82, 2.24) is 0 Å². The zero-order chi connectivity index (χ0) is 12.5. The highest BCUT2D eigenvalue weighted by molar-refractivity contribution is 5.72. The Bertz CT molecular complexity index is 368. The maximum Gasteiger partial charge on any atom is 0.309 e. The highest BCUT2D eigenvalue weighted by Gasteiger charge is 1.95. The van der Waals surface area contributed by atoms with Gasteiger partial charge in [0.2, 0.25) is 0 Å². The van der Waals surface area contributed by atoms with Gasteiger partial charge in [-0.25, -0.2) is 0 Å². The van der Waals surface area contributed by atoms with Gasteiger partial charge in [0.25, 0.3) is 0 Å². The largest absolute Gasteiger partial charge is 0.491 e. The maximum atomic E-state index is 10.9. The van der Waals surface area contributed by atoms with Crippen molar-refractivity contribution in [1.29, 1.82) is 0 Å². The van der Waals surface area contributed by atoms with Crippen molar-refractivity contribution in [2.45, 2.75) is 6.42 Å². The van der Waals surface area contributed by atoms with E-state index in [-0.39, 0.29) is 25.6 Å². The van der Waals surface area contributed by atoms with E-state index in [1.807, 2.05) is 30.3 Å². The summed E-state index contributed by atoms with van der Waals surface area (Å²) in [5, 5.41) is 8.59. The van der Waals surface area contributed by atoms with E-state index in [1.165, 1.54) is 7.11 Å². The Kier molecular flexibility index (Phi) is 5.82. The Balaban J connectivity index is 2.47. The van der Waals surface area contributed by atoms with Gasteiger partial charge in [-0.05, 0) is 17.7 Å². The van der Waals surface area contributed by atoms with Crippen molar-refractivity contribution in [2.24, 2.45) is 0 Å². The summed E-state index contributed by atoms with van der Waals surface area (Å²) in [6, 6.07) is 7.38. The molecule has 0 bridgehead atoms. The summed E-state index contributed by atoms with van der Waals surface area (Å²) < 4.78 is 9.74. The van der Waals surface area contributed by atoms with E-state index in [0.29, 0.717) is 5.75 Å². The normalized spacial score (nSPS) is 10.5. The number of methoxy groups -OCH3 is 1. The summed E-state index contributed by atoms with van der Waals surface area (Å²) in [5.74, 6) is 0.452. The number of carbonyl (C=O) groups excluding carboxylic acids is 1. The smallest absolute Gasteiger partial charge is 0.309 e. The molecule has 0 saturated heterocycles. The van der Waals surface area contributed by atoms with Crippen molar-refractivity contribution in [3.05, 3.63) is 35.9 Å². The second kappa shape index (κ2) is 7.46. The topological polar surface area (TPSA) is 55.8 Å². The number of aliphatic hydroxyl groups is 1. The molecule has 17 heavy (non-hydrogen) atoms. The van der Waals surface area contributed by atoms with Gasteiger partial charge < -0.3 is 14.6 Å². The highest BCUT2D eigenvalue weighted by atomic mass is 16.5. The minimum absolute atomic E-state index is 0.000777. The second-order valence-corrected chi connectivity index (χ2v) is 3.32. The minimum atomic E-state index is -0.260. The lowest BCUT2D eigenvalue weighted by atomic mass is 10.2. The summed E-state index contributed by atoms with van der Waals surface area (Å²) in [6.45, 7) is 0.290. The van der Waals surface area contributed by atoms with E-state index in [2.05, 4.69) is 4.74 Å². The second-order valence-electron chi connectivity index (χ2n) is 3.32. The Morgan fingerprint density at radius 2 is 2.06 bits per heavy atom. The first kappa shape index (κ1) is 13.3. The van der Waals surface area contributed by atoms with E-state index in [9.17, 15) is 4.79 Å². The molecule has 0 saturated carbocycles. The van der Waals surface area contributed by atoms with Crippen LogP contribution in [0.5, 0.6) is 5.75 Å². The molecule has 0 atom stereocenters. The van der Waals surface area contributed by atoms with E-state index in [0.717, 1.165) is 5.56 Å². The third-order valence-corrected chi connectivity index (χ3v) is 2.06. The van der Waals surface area contributed by atoms with Gasteiger partial charge in [-0.3, -0.25) is 4.79 Å². The molecule has 1 aromatic rings. The monoisotopic (exact) mass is 236 g/mol. The lowest BCUT2D eigenvalue weighted by Gasteiger charge is -2.03. The zero-order valence-electron chi connectivity index (χ0n) is 9.76. The van der Waals surface area contributed by atoms with Gasteiger partial charge >= 0.3 is 5.97 Å². The Hall–Kier alpha value is -1.81. The van der Waals surface area contributed by atoms with Crippen LogP contribution in [0.1, 0.15) is 12.0 Å². The van der Waals surface area contributed by atoms with Crippen molar-refractivity contribution in [3.63, 3.8) is 0 Å². The van der Waals surface area contributed by atoms with Crippen molar-refractivity contribution in [3.8, 4) is 5.75 Å². The Morgan fingerprint density at radius 3 is 2.65 bits per heavy atom.